The first kappa shape index (κ1) is 14.2. The SMILES string of the molecule is CN(C)CCCNC1CCSc2ccc(Cl)cc21. The summed E-state index contributed by atoms with van der Waals surface area (Å²) in [6, 6.07) is 6.73. The molecule has 0 fully saturated rings. The van der Waals surface area contributed by atoms with Gasteiger partial charge in [-0.3, -0.25) is 0 Å². The number of halogens is 1. The Kier molecular flexibility index (Phi) is 5.37. The number of nitrogens with one attached hydrogen (secondary N) is 1. The second-order valence-corrected chi connectivity index (χ2v) is 6.56. The second kappa shape index (κ2) is 6.80. The summed E-state index contributed by atoms with van der Waals surface area (Å²) in [4.78, 5) is 3.61. The van der Waals surface area contributed by atoms with Crippen molar-refractivity contribution >= 4 is 23.4 Å². The van der Waals surface area contributed by atoms with Crippen LogP contribution in [0, 0.1) is 0 Å². The van der Waals surface area contributed by atoms with Crippen molar-refractivity contribution in [2.45, 2.75) is 23.8 Å². The van der Waals surface area contributed by atoms with E-state index in [0.717, 1.165) is 18.1 Å². The fourth-order valence-electron chi connectivity index (χ4n) is 2.25. The minimum absolute atomic E-state index is 0.474. The van der Waals surface area contributed by atoms with Gasteiger partial charge in [0, 0.05) is 16.0 Å². The lowest BCUT2D eigenvalue weighted by molar-refractivity contribution is 0.384. The van der Waals surface area contributed by atoms with E-state index >= 15 is 0 Å². The van der Waals surface area contributed by atoms with E-state index in [2.05, 4.69) is 36.4 Å². The summed E-state index contributed by atoms with van der Waals surface area (Å²) in [7, 11) is 4.23. The molecule has 0 aromatic heterocycles. The summed E-state index contributed by atoms with van der Waals surface area (Å²) in [5.41, 5.74) is 1.38. The van der Waals surface area contributed by atoms with Crippen molar-refractivity contribution in [2.24, 2.45) is 0 Å². The summed E-state index contributed by atoms with van der Waals surface area (Å²) in [5, 5.41) is 4.51. The summed E-state index contributed by atoms with van der Waals surface area (Å²) in [6.07, 6.45) is 2.38. The Bertz CT molecular complexity index is 395. The van der Waals surface area contributed by atoms with E-state index in [1.54, 1.807) is 0 Å². The number of hydrogen-bond donors (Lipinski definition) is 1. The Hall–Kier alpha value is -0.220. The van der Waals surface area contributed by atoms with Gasteiger partial charge in [0.25, 0.3) is 0 Å². The van der Waals surface area contributed by atoms with E-state index in [1.165, 1.54) is 29.1 Å². The van der Waals surface area contributed by atoms with Gasteiger partial charge >= 0.3 is 0 Å². The molecule has 2 rings (SSSR count). The number of hydrogen-bond acceptors (Lipinski definition) is 3. The van der Waals surface area contributed by atoms with Gasteiger partial charge in [0.1, 0.15) is 0 Å². The van der Waals surface area contributed by atoms with Crippen LogP contribution in [0.3, 0.4) is 0 Å². The molecule has 1 aromatic carbocycles. The predicted molar refractivity (Wildman–Crippen MR) is 80.7 cm³/mol. The zero-order valence-corrected chi connectivity index (χ0v) is 12.7. The standard InChI is InChI=1S/C14H21ClN2S/c1-17(2)8-3-7-16-13-6-9-18-14-5-4-11(15)10-12(13)14/h4-5,10,13,16H,3,6-9H2,1-2H3. The monoisotopic (exact) mass is 284 g/mol. The third-order valence-corrected chi connectivity index (χ3v) is 4.54. The topological polar surface area (TPSA) is 15.3 Å². The van der Waals surface area contributed by atoms with Crippen molar-refractivity contribution in [3.8, 4) is 0 Å². The van der Waals surface area contributed by atoms with Crippen molar-refractivity contribution in [3.63, 3.8) is 0 Å². The Morgan fingerprint density at radius 1 is 1.44 bits per heavy atom. The molecule has 0 aliphatic carbocycles. The highest BCUT2D eigenvalue weighted by atomic mass is 35.5. The van der Waals surface area contributed by atoms with Crippen molar-refractivity contribution in [2.75, 3.05) is 32.9 Å². The molecular weight excluding hydrogens is 264 g/mol. The molecule has 1 heterocycles. The maximum atomic E-state index is 6.10. The highest BCUT2D eigenvalue weighted by Gasteiger charge is 2.20. The lowest BCUT2D eigenvalue weighted by Crippen LogP contribution is -2.27. The molecule has 1 aromatic rings. The molecule has 0 amide bonds. The maximum Gasteiger partial charge on any atom is 0.0410 e. The maximum absolute atomic E-state index is 6.10. The van der Waals surface area contributed by atoms with E-state index < -0.39 is 0 Å². The van der Waals surface area contributed by atoms with Crippen LogP contribution < -0.4 is 5.32 Å². The molecular formula is C14H21ClN2S. The van der Waals surface area contributed by atoms with E-state index in [1.807, 2.05) is 17.8 Å². The van der Waals surface area contributed by atoms with Crippen molar-refractivity contribution < 1.29 is 0 Å². The lowest BCUT2D eigenvalue weighted by atomic mass is 10.0. The molecule has 1 aliphatic heterocycles. The van der Waals surface area contributed by atoms with Crippen LogP contribution in [0.25, 0.3) is 0 Å². The summed E-state index contributed by atoms with van der Waals surface area (Å²) < 4.78 is 0. The van der Waals surface area contributed by atoms with Crippen molar-refractivity contribution in [1.29, 1.82) is 0 Å². The summed E-state index contributed by atoms with van der Waals surface area (Å²) in [5.74, 6) is 1.19. The van der Waals surface area contributed by atoms with Crippen LogP contribution in [-0.2, 0) is 0 Å². The van der Waals surface area contributed by atoms with Gasteiger partial charge in [-0.05, 0) is 69.5 Å². The van der Waals surface area contributed by atoms with Crippen molar-refractivity contribution in [3.05, 3.63) is 28.8 Å². The Morgan fingerprint density at radius 3 is 3.06 bits per heavy atom. The third kappa shape index (κ3) is 3.89. The fraction of sp³-hybridized carbons (Fsp3) is 0.571. The fourth-order valence-corrected chi connectivity index (χ4v) is 3.54. The third-order valence-electron chi connectivity index (χ3n) is 3.18. The molecule has 100 valence electrons. The van der Waals surface area contributed by atoms with Crippen LogP contribution in [-0.4, -0.2) is 37.8 Å². The first-order valence-corrected chi connectivity index (χ1v) is 7.83. The van der Waals surface area contributed by atoms with Crippen LogP contribution >= 0.6 is 23.4 Å². The van der Waals surface area contributed by atoms with Crippen LogP contribution in [0.4, 0.5) is 0 Å². The van der Waals surface area contributed by atoms with Gasteiger partial charge in [0.05, 0.1) is 0 Å². The Balaban J connectivity index is 1.93. The smallest absolute Gasteiger partial charge is 0.0410 e. The molecule has 2 nitrogen and oxygen atoms in total. The van der Waals surface area contributed by atoms with E-state index in [-0.39, 0.29) is 0 Å². The first-order valence-electron chi connectivity index (χ1n) is 6.47. The van der Waals surface area contributed by atoms with Crippen LogP contribution in [0.1, 0.15) is 24.4 Å². The number of rotatable bonds is 5. The number of benzene rings is 1. The van der Waals surface area contributed by atoms with Gasteiger partial charge in [-0.25, -0.2) is 0 Å². The van der Waals surface area contributed by atoms with Gasteiger partial charge in [0.15, 0.2) is 0 Å². The van der Waals surface area contributed by atoms with Gasteiger partial charge in [-0.1, -0.05) is 11.6 Å². The average molecular weight is 285 g/mol. The van der Waals surface area contributed by atoms with E-state index in [4.69, 9.17) is 11.6 Å². The van der Waals surface area contributed by atoms with E-state index in [0.29, 0.717) is 6.04 Å². The minimum Gasteiger partial charge on any atom is -0.310 e. The molecule has 0 radical (unpaired) electrons. The first-order chi connectivity index (χ1) is 8.66. The molecule has 1 N–H and O–H groups in total. The number of thioether (sulfide) groups is 1. The molecule has 1 atom stereocenters. The zero-order chi connectivity index (χ0) is 13.0. The molecule has 0 saturated carbocycles. The molecule has 18 heavy (non-hydrogen) atoms. The van der Waals surface area contributed by atoms with Gasteiger partial charge in [0.2, 0.25) is 0 Å². The molecule has 0 bridgehead atoms. The molecule has 0 saturated heterocycles. The normalized spacial score (nSPS) is 19.0. The van der Waals surface area contributed by atoms with Gasteiger partial charge in [-0.15, -0.1) is 11.8 Å². The summed E-state index contributed by atoms with van der Waals surface area (Å²) >= 11 is 8.04. The van der Waals surface area contributed by atoms with Crippen LogP contribution in [0.15, 0.2) is 23.1 Å². The largest absolute Gasteiger partial charge is 0.310 e. The number of nitrogens with zero attached hydrogens (tertiary/aromatic N) is 1. The molecule has 1 unspecified atom stereocenters. The minimum atomic E-state index is 0.474. The quantitative estimate of drug-likeness (QED) is 0.834. The summed E-state index contributed by atoms with van der Waals surface area (Å²) in [6.45, 7) is 2.20. The lowest BCUT2D eigenvalue weighted by Gasteiger charge is -2.26. The van der Waals surface area contributed by atoms with Crippen LogP contribution in [0.2, 0.25) is 5.02 Å². The average Bonchev–Trinajstić information content (AvgIpc) is 2.34. The van der Waals surface area contributed by atoms with Gasteiger partial charge < -0.3 is 10.2 Å². The molecule has 0 spiro atoms. The molecule has 4 heteroatoms. The number of fused-ring (bicyclic) bond motifs is 1. The van der Waals surface area contributed by atoms with Crippen molar-refractivity contribution in [1.82, 2.24) is 10.2 Å². The van der Waals surface area contributed by atoms with Crippen LogP contribution in [0.5, 0.6) is 0 Å². The highest BCUT2D eigenvalue weighted by molar-refractivity contribution is 7.99. The Labute approximate surface area is 119 Å². The Morgan fingerprint density at radius 2 is 2.28 bits per heavy atom. The molecule has 1 aliphatic rings. The zero-order valence-electron chi connectivity index (χ0n) is 11.1. The van der Waals surface area contributed by atoms with E-state index in [9.17, 15) is 0 Å². The van der Waals surface area contributed by atoms with Gasteiger partial charge in [-0.2, -0.15) is 0 Å². The predicted octanol–water partition coefficient (Wildman–Crippen LogP) is 3.42. The highest BCUT2D eigenvalue weighted by Crippen LogP contribution is 2.37. The second-order valence-electron chi connectivity index (χ2n) is 4.98.